The zero-order chi connectivity index (χ0) is 10.0. The number of hydrogen-bond donors (Lipinski definition) is 4. The molecule has 0 aromatic carbocycles. The molecule has 86 valence electrons. The molecule has 1 fully saturated rings. The largest absolute Gasteiger partial charge is 0.394 e. The van der Waals surface area contributed by atoms with Gasteiger partial charge in [0.2, 0.25) is 0 Å². The van der Waals surface area contributed by atoms with Crippen molar-refractivity contribution in [1.82, 2.24) is 0 Å². The van der Waals surface area contributed by atoms with E-state index in [1.54, 1.807) is 0 Å². The Morgan fingerprint density at radius 1 is 1.57 bits per heavy atom. The van der Waals surface area contributed by atoms with Gasteiger partial charge in [-0.1, -0.05) is 0 Å². The van der Waals surface area contributed by atoms with Gasteiger partial charge >= 0.3 is 0 Å². The van der Waals surface area contributed by atoms with Crippen molar-refractivity contribution < 1.29 is 19.7 Å². The maximum absolute atomic E-state index is 9.51. The summed E-state index contributed by atoms with van der Waals surface area (Å²) >= 11 is 4.15. The number of methoxy groups -OCH3 is 1. The molecule has 1 saturated heterocycles. The van der Waals surface area contributed by atoms with Gasteiger partial charge in [0.05, 0.1) is 18.0 Å². The summed E-state index contributed by atoms with van der Waals surface area (Å²) < 4.78 is 10.2. The van der Waals surface area contributed by atoms with Crippen molar-refractivity contribution in [1.29, 1.82) is 0 Å². The van der Waals surface area contributed by atoms with Crippen LogP contribution in [0.15, 0.2) is 0 Å². The minimum atomic E-state index is -0.904. The fourth-order valence-electron chi connectivity index (χ4n) is 1.31. The lowest BCUT2D eigenvalue weighted by atomic mass is 9.99. The van der Waals surface area contributed by atoms with Crippen LogP contribution in [0.4, 0.5) is 0 Å². The van der Waals surface area contributed by atoms with Crippen LogP contribution in [-0.4, -0.2) is 53.7 Å². The fourth-order valence-corrected chi connectivity index (χ4v) is 1.68. The lowest BCUT2D eigenvalue weighted by Gasteiger charge is -2.40. The van der Waals surface area contributed by atoms with Crippen LogP contribution in [0.1, 0.15) is 0 Å². The molecule has 0 aliphatic carbocycles. The number of aliphatic hydroxyl groups excluding tert-OH is 2. The summed E-state index contributed by atoms with van der Waals surface area (Å²) in [7, 11) is 1.47. The third-order valence-corrected chi connectivity index (χ3v) is 2.76. The van der Waals surface area contributed by atoms with Crippen LogP contribution in [0.3, 0.4) is 0 Å². The van der Waals surface area contributed by atoms with Gasteiger partial charge in [-0.15, -0.1) is 12.4 Å². The molecular formula is C7H16ClNO4S. The molecule has 1 aliphatic heterocycles. The molecular weight excluding hydrogens is 230 g/mol. The zero-order valence-electron chi connectivity index (χ0n) is 7.74. The second-order valence-corrected chi connectivity index (χ2v) is 3.62. The molecule has 4 N–H and O–H groups in total. The van der Waals surface area contributed by atoms with Gasteiger partial charge < -0.3 is 25.4 Å². The highest BCUT2D eigenvalue weighted by Crippen LogP contribution is 2.23. The van der Waals surface area contributed by atoms with Crippen molar-refractivity contribution >= 4 is 25.0 Å². The first-order valence-electron chi connectivity index (χ1n) is 4.02. The van der Waals surface area contributed by atoms with Gasteiger partial charge in [-0.3, -0.25) is 0 Å². The van der Waals surface area contributed by atoms with Crippen LogP contribution in [0.5, 0.6) is 0 Å². The topological polar surface area (TPSA) is 84.9 Å². The normalized spacial score (nSPS) is 43.1. The van der Waals surface area contributed by atoms with Gasteiger partial charge in [-0.2, -0.15) is 12.6 Å². The van der Waals surface area contributed by atoms with E-state index in [9.17, 15) is 5.11 Å². The Morgan fingerprint density at radius 2 is 2.14 bits per heavy atom. The van der Waals surface area contributed by atoms with Crippen LogP contribution in [-0.2, 0) is 9.47 Å². The lowest BCUT2D eigenvalue weighted by molar-refractivity contribution is -0.220. The van der Waals surface area contributed by atoms with Gasteiger partial charge in [0.25, 0.3) is 0 Å². The number of halogens is 1. The second-order valence-electron chi connectivity index (χ2n) is 3.02. The van der Waals surface area contributed by atoms with E-state index in [1.807, 2.05) is 0 Å². The molecule has 7 heteroatoms. The first kappa shape index (κ1) is 14.4. The van der Waals surface area contributed by atoms with Crippen LogP contribution in [0.25, 0.3) is 0 Å². The summed E-state index contributed by atoms with van der Waals surface area (Å²) in [6, 6.07) is -0.556. The Kier molecular flexibility index (Phi) is 6.31. The quantitative estimate of drug-likeness (QED) is 0.458. The van der Waals surface area contributed by atoms with E-state index >= 15 is 0 Å². The second kappa shape index (κ2) is 6.12. The van der Waals surface area contributed by atoms with Crippen molar-refractivity contribution in [3.8, 4) is 0 Å². The number of nitrogens with two attached hydrogens (primary N) is 1. The number of hydrogen-bond acceptors (Lipinski definition) is 6. The smallest absolute Gasteiger partial charge is 0.170 e. The van der Waals surface area contributed by atoms with Crippen molar-refractivity contribution in [2.45, 2.75) is 29.8 Å². The third kappa shape index (κ3) is 2.73. The van der Waals surface area contributed by atoms with E-state index < -0.39 is 24.5 Å². The molecule has 5 unspecified atom stereocenters. The monoisotopic (exact) mass is 245 g/mol. The number of rotatable bonds is 2. The van der Waals surface area contributed by atoms with Crippen LogP contribution in [0.2, 0.25) is 0 Å². The molecule has 5 nitrogen and oxygen atoms in total. The van der Waals surface area contributed by atoms with Gasteiger partial charge in [0.1, 0.15) is 6.10 Å². The summed E-state index contributed by atoms with van der Waals surface area (Å²) in [5.41, 5.74) is 5.66. The molecule has 14 heavy (non-hydrogen) atoms. The SMILES string of the molecule is COC1OC(CO)C(O)C(N)C1S.Cl. The van der Waals surface area contributed by atoms with Gasteiger partial charge in [-0.25, -0.2) is 0 Å². The predicted octanol–water partition coefficient (Wildman–Crippen LogP) is -1.24. The standard InChI is InChI=1S/C7H15NO4S.ClH/c1-11-7-6(13)4(8)5(10)3(2-9)12-7;/h3-7,9-10,13H,2,8H2,1H3;1H. The highest BCUT2D eigenvalue weighted by atomic mass is 35.5. The Hall–Kier alpha value is 0.440. The highest BCUT2D eigenvalue weighted by molar-refractivity contribution is 7.81. The minimum Gasteiger partial charge on any atom is -0.394 e. The van der Waals surface area contributed by atoms with Gasteiger partial charge in [-0.05, 0) is 0 Å². The molecule has 0 spiro atoms. The summed E-state index contributed by atoms with van der Waals surface area (Å²) in [5.74, 6) is 0. The minimum absolute atomic E-state index is 0. The van der Waals surface area contributed by atoms with Crippen LogP contribution >= 0.6 is 25.0 Å². The summed E-state index contributed by atoms with van der Waals surface area (Å²) in [6.45, 7) is -0.283. The number of aliphatic hydroxyl groups is 2. The Bertz CT molecular complexity index is 156. The van der Waals surface area contributed by atoms with Crippen molar-refractivity contribution in [3.63, 3.8) is 0 Å². The molecule has 0 saturated carbocycles. The van der Waals surface area contributed by atoms with E-state index in [1.165, 1.54) is 7.11 Å². The molecule has 0 amide bonds. The van der Waals surface area contributed by atoms with Crippen molar-refractivity contribution in [2.24, 2.45) is 5.73 Å². The number of thiol groups is 1. The molecule has 0 bridgehead atoms. The maximum Gasteiger partial charge on any atom is 0.170 e. The fraction of sp³-hybridized carbons (Fsp3) is 1.00. The molecule has 0 radical (unpaired) electrons. The van der Waals surface area contributed by atoms with Crippen LogP contribution < -0.4 is 5.73 Å². The molecule has 5 atom stereocenters. The molecule has 1 rings (SSSR count). The van der Waals surface area contributed by atoms with Crippen molar-refractivity contribution in [3.05, 3.63) is 0 Å². The number of ether oxygens (including phenoxy) is 2. The van der Waals surface area contributed by atoms with E-state index in [0.717, 1.165) is 0 Å². The zero-order valence-corrected chi connectivity index (χ0v) is 9.45. The predicted molar refractivity (Wildman–Crippen MR) is 56.8 cm³/mol. The van der Waals surface area contributed by atoms with E-state index in [-0.39, 0.29) is 24.3 Å². The summed E-state index contributed by atoms with van der Waals surface area (Å²) in [4.78, 5) is 0. The molecule has 1 aliphatic rings. The lowest BCUT2D eigenvalue weighted by Crippen LogP contribution is -2.60. The van der Waals surface area contributed by atoms with Crippen LogP contribution in [0, 0.1) is 0 Å². The Labute approximate surface area is 94.4 Å². The van der Waals surface area contributed by atoms with Gasteiger partial charge in [0.15, 0.2) is 6.29 Å². The maximum atomic E-state index is 9.51. The van der Waals surface area contributed by atoms with Crippen molar-refractivity contribution in [2.75, 3.05) is 13.7 Å². The summed E-state index contributed by atoms with van der Waals surface area (Å²) in [5, 5.41) is 18.0. The van der Waals surface area contributed by atoms with E-state index in [2.05, 4.69) is 12.6 Å². The third-order valence-electron chi connectivity index (χ3n) is 2.17. The highest BCUT2D eigenvalue weighted by Gasteiger charge is 2.41. The first-order chi connectivity index (χ1) is 6.11. The molecule has 0 aromatic heterocycles. The Morgan fingerprint density at radius 3 is 2.57 bits per heavy atom. The van der Waals surface area contributed by atoms with Gasteiger partial charge in [0, 0.05) is 13.2 Å². The first-order valence-corrected chi connectivity index (χ1v) is 4.54. The average Bonchev–Trinajstić information content (AvgIpc) is 2.15. The molecule has 1 heterocycles. The van der Waals surface area contributed by atoms with E-state index in [0.29, 0.717) is 0 Å². The Balaban J connectivity index is 0.00000169. The molecule has 0 aromatic rings. The summed E-state index contributed by atoms with van der Waals surface area (Å²) in [6.07, 6.45) is -2.18. The van der Waals surface area contributed by atoms with E-state index in [4.69, 9.17) is 20.3 Å². The average molecular weight is 246 g/mol.